The van der Waals surface area contributed by atoms with Gasteiger partial charge < -0.3 is 10.4 Å². The van der Waals surface area contributed by atoms with Crippen molar-refractivity contribution in [3.8, 4) is 5.75 Å². The Morgan fingerprint density at radius 2 is 1.83 bits per heavy atom. The van der Waals surface area contributed by atoms with Gasteiger partial charge in [-0.3, -0.25) is 10.1 Å². The van der Waals surface area contributed by atoms with E-state index in [0.717, 1.165) is 0 Å². The average molecular weight is 309 g/mol. The van der Waals surface area contributed by atoms with Crippen LogP contribution in [0.15, 0.2) is 46.9 Å². The van der Waals surface area contributed by atoms with Crippen molar-refractivity contribution < 1.29 is 10.0 Å². The molecule has 18 heavy (non-hydrogen) atoms. The number of anilines is 2. The van der Waals surface area contributed by atoms with Crippen LogP contribution in [-0.4, -0.2) is 10.0 Å². The van der Waals surface area contributed by atoms with Crippen molar-refractivity contribution >= 4 is 33.0 Å². The van der Waals surface area contributed by atoms with E-state index >= 15 is 0 Å². The van der Waals surface area contributed by atoms with E-state index < -0.39 is 4.92 Å². The minimum Gasteiger partial charge on any atom is -0.508 e. The van der Waals surface area contributed by atoms with Crippen molar-refractivity contribution in [2.24, 2.45) is 0 Å². The fourth-order valence-electron chi connectivity index (χ4n) is 1.46. The van der Waals surface area contributed by atoms with E-state index in [4.69, 9.17) is 5.11 Å². The summed E-state index contributed by atoms with van der Waals surface area (Å²) in [5, 5.41) is 23.0. The molecule has 0 spiro atoms. The van der Waals surface area contributed by atoms with E-state index in [9.17, 15) is 10.1 Å². The Morgan fingerprint density at radius 1 is 1.17 bits per heavy atom. The van der Waals surface area contributed by atoms with E-state index in [2.05, 4.69) is 21.2 Å². The highest BCUT2D eigenvalue weighted by atomic mass is 79.9. The van der Waals surface area contributed by atoms with Crippen molar-refractivity contribution in [3.63, 3.8) is 0 Å². The van der Waals surface area contributed by atoms with Crippen LogP contribution < -0.4 is 5.32 Å². The van der Waals surface area contributed by atoms with Crippen LogP contribution in [0, 0.1) is 10.1 Å². The number of nitro benzene ring substituents is 1. The molecule has 2 aromatic carbocycles. The normalized spacial score (nSPS) is 10.1. The first-order chi connectivity index (χ1) is 8.56. The summed E-state index contributed by atoms with van der Waals surface area (Å²) >= 11 is 3.19. The number of nitrogens with zero attached hydrogens (tertiary/aromatic N) is 1. The lowest BCUT2D eigenvalue weighted by Gasteiger charge is -2.07. The third-order valence-electron chi connectivity index (χ3n) is 2.30. The largest absolute Gasteiger partial charge is 0.508 e. The van der Waals surface area contributed by atoms with Crippen LogP contribution in [0.4, 0.5) is 17.1 Å². The lowest BCUT2D eigenvalue weighted by molar-refractivity contribution is -0.384. The van der Waals surface area contributed by atoms with E-state index in [0.29, 0.717) is 15.8 Å². The van der Waals surface area contributed by atoms with Gasteiger partial charge in [-0.25, -0.2) is 0 Å². The molecular weight excluding hydrogens is 300 g/mol. The first-order valence-electron chi connectivity index (χ1n) is 5.06. The SMILES string of the molecule is O=[N+]([O-])c1cc(Br)ccc1Nc1ccc(O)cc1. The predicted molar refractivity (Wildman–Crippen MR) is 72.2 cm³/mol. The lowest BCUT2D eigenvalue weighted by atomic mass is 10.2. The molecule has 6 heteroatoms. The third-order valence-corrected chi connectivity index (χ3v) is 2.80. The average Bonchev–Trinajstić information content (AvgIpc) is 2.34. The highest BCUT2D eigenvalue weighted by molar-refractivity contribution is 9.10. The summed E-state index contributed by atoms with van der Waals surface area (Å²) in [5.74, 6) is 0.144. The zero-order valence-corrected chi connectivity index (χ0v) is 10.7. The molecule has 2 N–H and O–H groups in total. The number of rotatable bonds is 3. The Balaban J connectivity index is 2.34. The number of hydrogen-bond acceptors (Lipinski definition) is 4. The zero-order chi connectivity index (χ0) is 13.1. The van der Waals surface area contributed by atoms with Gasteiger partial charge in [-0.15, -0.1) is 0 Å². The molecule has 92 valence electrons. The second kappa shape index (κ2) is 5.05. The maximum atomic E-state index is 10.9. The number of nitrogens with one attached hydrogen (secondary N) is 1. The fourth-order valence-corrected chi connectivity index (χ4v) is 1.81. The van der Waals surface area contributed by atoms with E-state index in [1.54, 1.807) is 24.3 Å². The summed E-state index contributed by atoms with van der Waals surface area (Å²) in [6.07, 6.45) is 0. The molecule has 0 radical (unpaired) electrons. The minimum atomic E-state index is -0.451. The molecule has 0 amide bonds. The third kappa shape index (κ3) is 2.78. The predicted octanol–water partition coefficient (Wildman–Crippen LogP) is 3.81. The molecule has 0 heterocycles. The van der Waals surface area contributed by atoms with Gasteiger partial charge >= 0.3 is 0 Å². The Labute approximate surface area is 111 Å². The van der Waals surface area contributed by atoms with Crippen molar-refractivity contribution in [1.29, 1.82) is 0 Å². The Hall–Kier alpha value is -2.08. The molecule has 0 bridgehead atoms. The van der Waals surface area contributed by atoms with Crippen LogP contribution in [-0.2, 0) is 0 Å². The maximum absolute atomic E-state index is 10.9. The number of halogens is 1. The first kappa shape index (κ1) is 12.4. The Morgan fingerprint density at radius 3 is 2.44 bits per heavy atom. The molecule has 0 aromatic heterocycles. The van der Waals surface area contributed by atoms with Crippen LogP contribution in [0.2, 0.25) is 0 Å². The molecule has 0 unspecified atom stereocenters. The van der Waals surface area contributed by atoms with Gasteiger partial charge in [0.1, 0.15) is 11.4 Å². The molecule has 0 atom stereocenters. The van der Waals surface area contributed by atoms with E-state index in [1.807, 2.05) is 0 Å². The minimum absolute atomic E-state index is 0.0162. The second-order valence-corrected chi connectivity index (χ2v) is 4.51. The van der Waals surface area contributed by atoms with Gasteiger partial charge in [0.15, 0.2) is 0 Å². The molecule has 0 aliphatic heterocycles. The van der Waals surface area contributed by atoms with Crippen LogP contribution in [0.3, 0.4) is 0 Å². The van der Waals surface area contributed by atoms with E-state index in [1.165, 1.54) is 18.2 Å². The molecule has 5 nitrogen and oxygen atoms in total. The number of aromatic hydroxyl groups is 1. The molecule has 2 aromatic rings. The number of nitro groups is 1. The number of hydrogen-bond donors (Lipinski definition) is 2. The quantitative estimate of drug-likeness (QED) is 0.513. The van der Waals surface area contributed by atoms with Crippen LogP contribution in [0.1, 0.15) is 0 Å². The topological polar surface area (TPSA) is 75.4 Å². The second-order valence-electron chi connectivity index (χ2n) is 3.59. The van der Waals surface area contributed by atoms with Gasteiger partial charge in [-0.1, -0.05) is 15.9 Å². The molecule has 0 saturated carbocycles. The first-order valence-corrected chi connectivity index (χ1v) is 5.85. The van der Waals surface area contributed by atoms with Gasteiger partial charge in [0.05, 0.1) is 4.92 Å². The van der Waals surface area contributed by atoms with Gasteiger partial charge in [0.25, 0.3) is 5.69 Å². The highest BCUT2D eigenvalue weighted by Gasteiger charge is 2.14. The van der Waals surface area contributed by atoms with E-state index in [-0.39, 0.29) is 11.4 Å². The van der Waals surface area contributed by atoms with Gasteiger partial charge in [0.2, 0.25) is 0 Å². The van der Waals surface area contributed by atoms with Crippen molar-refractivity contribution in [1.82, 2.24) is 0 Å². The number of benzene rings is 2. The summed E-state index contributed by atoms with van der Waals surface area (Å²) in [5.41, 5.74) is 1.05. The highest BCUT2D eigenvalue weighted by Crippen LogP contribution is 2.30. The molecule has 0 aliphatic rings. The summed E-state index contributed by atoms with van der Waals surface area (Å²) in [6.45, 7) is 0. The monoisotopic (exact) mass is 308 g/mol. The van der Waals surface area contributed by atoms with Gasteiger partial charge in [0, 0.05) is 16.2 Å². The molecule has 2 rings (SSSR count). The smallest absolute Gasteiger partial charge is 0.293 e. The van der Waals surface area contributed by atoms with Crippen LogP contribution in [0.5, 0.6) is 5.75 Å². The van der Waals surface area contributed by atoms with Gasteiger partial charge in [-0.05, 0) is 36.4 Å². The summed E-state index contributed by atoms with van der Waals surface area (Å²) in [7, 11) is 0. The Kier molecular flexibility index (Phi) is 3.47. The van der Waals surface area contributed by atoms with Crippen LogP contribution >= 0.6 is 15.9 Å². The molecule has 0 saturated heterocycles. The van der Waals surface area contributed by atoms with Crippen LogP contribution in [0.25, 0.3) is 0 Å². The Bertz CT molecular complexity index is 584. The number of phenolic OH excluding ortho intramolecular Hbond substituents is 1. The summed E-state index contributed by atoms with van der Waals surface area (Å²) in [6, 6.07) is 11.1. The van der Waals surface area contributed by atoms with Crippen molar-refractivity contribution in [2.45, 2.75) is 0 Å². The van der Waals surface area contributed by atoms with Crippen molar-refractivity contribution in [3.05, 3.63) is 57.1 Å². The summed E-state index contributed by atoms with van der Waals surface area (Å²) in [4.78, 5) is 10.5. The lowest BCUT2D eigenvalue weighted by Crippen LogP contribution is -1.96. The molecule has 0 aliphatic carbocycles. The van der Waals surface area contributed by atoms with Crippen molar-refractivity contribution in [2.75, 3.05) is 5.32 Å². The standard InChI is InChI=1S/C12H9BrN2O3/c13-8-1-6-11(12(7-8)15(17)18)14-9-2-4-10(16)5-3-9/h1-7,14,16H. The molecular formula is C12H9BrN2O3. The number of phenols is 1. The van der Waals surface area contributed by atoms with Gasteiger partial charge in [-0.2, -0.15) is 0 Å². The fraction of sp³-hybridized carbons (Fsp3) is 0. The summed E-state index contributed by atoms with van der Waals surface area (Å²) < 4.78 is 0.644. The maximum Gasteiger partial charge on any atom is 0.293 e. The molecule has 0 fully saturated rings. The zero-order valence-electron chi connectivity index (χ0n) is 9.13.